The van der Waals surface area contributed by atoms with Gasteiger partial charge < -0.3 is 19.9 Å². The van der Waals surface area contributed by atoms with Gasteiger partial charge in [0.05, 0.1) is 14.2 Å². The molecule has 0 aliphatic carbocycles. The molecule has 1 aromatic carbocycles. The third kappa shape index (κ3) is 2.61. The summed E-state index contributed by atoms with van der Waals surface area (Å²) in [7, 11) is 3.04. The van der Waals surface area contributed by atoms with Gasteiger partial charge in [0, 0.05) is 12.4 Å². The Morgan fingerprint density at radius 2 is 1.70 bits per heavy atom. The van der Waals surface area contributed by atoms with Crippen molar-refractivity contribution in [3.05, 3.63) is 36.3 Å². The van der Waals surface area contributed by atoms with Crippen LogP contribution in [0.2, 0.25) is 0 Å². The van der Waals surface area contributed by atoms with Gasteiger partial charge in [0.25, 0.3) is 0 Å². The van der Waals surface area contributed by atoms with Crippen LogP contribution in [0, 0.1) is 5.41 Å². The van der Waals surface area contributed by atoms with Gasteiger partial charge in [-0.25, -0.2) is 9.97 Å². The van der Waals surface area contributed by atoms with Crippen molar-refractivity contribution in [3.63, 3.8) is 0 Å². The van der Waals surface area contributed by atoms with E-state index in [1.165, 1.54) is 26.6 Å². The molecule has 104 valence electrons. The first kappa shape index (κ1) is 13.6. The van der Waals surface area contributed by atoms with Crippen molar-refractivity contribution in [1.29, 1.82) is 5.41 Å². The maximum absolute atomic E-state index is 7.47. The molecule has 0 fully saturated rings. The number of methoxy groups -OCH3 is 2. The molecule has 2 rings (SSSR count). The largest absolute Gasteiger partial charge is 0.493 e. The summed E-state index contributed by atoms with van der Waals surface area (Å²) in [6.45, 7) is 0. The second-order valence-corrected chi connectivity index (χ2v) is 3.72. The molecule has 7 heteroatoms. The number of aromatic nitrogens is 2. The molecule has 3 N–H and O–H groups in total. The summed E-state index contributed by atoms with van der Waals surface area (Å²) in [5.74, 6) is 1.18. The van der Waals surface area contributed by atoms with Crippen LogP contribution >= 0.6 is 0 Å². The summed E-state index contributed by atoms with van der Waals surface area (Å²) in [5.41, 5.74) is 5.60. The molecule has 0 aliphatic rings. The van der Waals surface area contributed by atoms with E-state index in [2.05, 4.69) is 9.97 Å². The lowest BCUT2D eigenvalue weighted by Gasteiger charge is -2.14. The van der Waals surface area contributed by atoms with Crippen molar-refractivity contribution < 1.29 is 14.2 Å². The number of nitrogens with zero attached hydrogens (tertiary/aromatic N) is 2. The highest BCUT2D eigenvalue weighted by molar-refractivity contribution is 5.95. The van der Waals surface area contributed by atoms with Gasteiger partial charge in [0.1, 0.15) is 5.84 Å². The van der Waals surface area contributed by atoms with Crippen LogP contribution < -0.4 is 19.9 Å². The molecule has 0 unspecified atom stereocenters. The minimum absolute atomic E-state index is 0.114. The Balaban J connectivity index is 2.47. The molecule has 0 spiro atoms. The first-order valence-electron chi connectivity index (χ1n) is 5.71. The van der Waals surface area contributed by atoms with Crippen LogP contribution in [0.3, 0.4) is 0 Å². The monoisotopic (exact) mass is 274 g/mol. The van der Waals surface area contributed by atoms with E-state index >= 15 is 0 Å². The Kier molecular flexibility index (Phi) is 3.99. The molecule has 0 saturated carbocycles. The summed E-state index contributed by atoms with van der Waals surface area (Å²) in [6, 6.07) is 5.22. The summed E-state index contributed by atoms with van der Waals surface area (Å²) >= 11 is 0. The Bertz CT molecular complexity index is 609. The molecule has 0 bridgehead atoms. The van der Waals surface area contributed by atoms with Gasteiger partial charge in [-0.2, -0.15) is 0 Å². The third-order valence-corrected chi connectivity index (χ3v) is 2.50. The Labute approximate surface area is 115 Å². The fourth-order valence-electron chi connectivity index (χ4n) is 1.60. The lowest BCUT2D eigenvalue weighted by molar-refractivity contribution is 0.341. The third-order valence-electron chi connectivity index (χ3n) is 2.50. The highest BCUT2D eigenvalue weighted by atomic mass is 16.5. The van der Waals surface area contributed by atoms with E-state index in [4.69, 9.17) is 25.4 Å². The number of nitrogen functional groups attached to an aromatic ring is 1. The van der Waals surface area contributed by atoms with Gasteiger partial charge in [-0.3, -0.25) is 5.41 Å². The molecular weight excluding hydrogens is 260 g/mol. The van der Waals surface area contributed by atoms with E-state index in [9.17, 15) is 0 Å². The smallest absolute Gasteiger partial charge is 0.249 e. The average molecular weight is 274 g/mol. The number of nitrogens with two attached hydrogens (primary N) is 1. The normalized spacial score (nSPS) is 9.90. The van der Waals surface area contributed by atoms with Gasteiger partial charge in [0.2, 0.25) is 11.6 Å². The van der Waals surface area contributed by atoms with Crippen molar-refractivity contribution in [2.45, 2.75) is 0 Å². The zero-order valence-electron chi connectivity index (χ0n) is 11.1. The van der Waals surface area contributed by atoms with Crippen LogP contribution in [-0.4, -0.2) is 30.0 Å². The first-order valence-corrected chi connectivity index (χ1v) is 5.71. The molecule has 0 saturated heterocycles. The Hall–Kier alpha value is -2.83. The van der Waals surface area contributed by atoms with E-state index in [1.54, 1.807) is 18.2 Å². The number of nitrogens with one attached hydrogen (secondary N) is 1. The molecule has 0 atom stereocenters. The number of hydrogen-bond donors (Lipinski definition) is 2. The summed E-state index contributed by atoms with van der Waals surface area (Å²) in [5, 5.41) is 7.47. The highest BCUT2D eigenvalue weighted by Crippen LogP contribution is 2.39. The number of hydrogen-bond acceptors (Lipinski definition) is 6. The molecule has 1 aromatic heterocycles. The number of rotatable bonds is 5. The average Bonchev–Trinajstić information content (AvgIpc) is 2.47. The molecule has 2 aromatic rings. The Morgan fingerprint density at radius 1 is 1.10 bits per heavy atom. The second-order valence-electron chi connectivity index (χ2n) is 3.72. The van der Waals surface area contributed by atoms with Crippen LogP contribution in [-0.2, 0) is 0 Å². The number of amidine groups is 1. The predicted molar refractivity (Wildman–Crippen MR) is 72.7 cm³/mol. The van der Waals surface area contributed by atoms with Gasteiger partial charge >= 0.3 is 0 Å². The van der Waals surface area contributed by atoms with Crippen LogP contribution in [0.5, 0.6) is 23.1 Å². The first-order chi connectivity index (χ1) is 9.67. The van der Waals surface area contributed by atoms with Crippen molar-refractivity contribution in [1.82, 2.24) is 9.97 Å². The van der Waals surface area contributed by atoms with Gasteiger partial charge in [-0.05, 0) is 12.1 Å². The fourth-order valence-corrected chi connectivity index (χ4v) is 1.60. The highest BCUT2D eigenvalue weighted by Gasteiger charge is 2.17. The predicted octanol–water partition coefficient (Wildman–Crippen LogP) is 1.57. The van der Waals surface area contributed by atoms with Gasteiger partial charge in [-0.1, -0.05) is 6.07 Å². The zero-order chi connectivity index (χ0) is 14.5. The van der Waals surface area contributed by atoms with Crippen LogP contribution in [0.25, 0.3) is 0 Å². The maximum Gasteiger partial charge on any atom is 0.249 e. The number of benzene rings is 1. The summed E-state index contributed by atoms with van der Waals surface area (Å²) < 4.78 is 16.1. The molecule has 0 aliphatic heterocycles. The number of para-hydroxylation sites is 1. The molecular formula is C13H14N4O3. The van der Waals surface area contributed by atoms with Crippen molar-refractivity contribution in [2.75, 3.05) is 14.2 Å². The van der Waals surface area contributed by atoms with Crippen LogP contribution in [0.4, 0.5) is 0 Å². The standard InChI is InChI=1S/C13H14N4O3/c1-18-8-4-3-5-9(19-2)11(8)20-13-10(12(14)15)16-6-7-17-13/h3-7H,1-2H3,(H3,14,15). The van der Waals surface area contributed by atoms with Crippen molar-refractivity contribution in [3.8, 4) is 23.1 Å². The van der Waals surface area contributed by atoms with E-state index in [-0.39, 0.29) is 17.4 Å². The lowest BCUT2D eigenvalue weighted by atomic mass is 10.3. The molecule has 20 heavy (non-hydrogen) atoms. The van der Waals surface area contributed by atoms with E-state index in [1.807, 2.05) is 0 Å². The molecule has 0 radical (unpaired) electrons. The van der Waals surface area contributed by atoms with Gasteiger partial charge in [0.15, 0.2) is 17.2 Å². The minimum atomic E-state index is -0.234. The fraction of sp³-hybridized carbons (Fsp3) is 0.154. The summed E-state index contributed by atoms with van der Waals surface area (Å²) in [6.07, 6.45) is 2.88. The second kappa shape index (κ2) is 5.87. The quantitative estimate of drug-likeness (QED) is 0.633. The zero-order valence-corrected chi connectivity index (χ0v) is 11.1. The van der Waals surface area contributed by atoms with E-state index in [0.29, 0.717) is 17.2 Å². The van der Waals surface area contributed by atoms with Crippen LogP contribution in [0.1, 0.15) is 5.69 Å². The summed E-state index contributed by atoms with van der Waals surface area (Å²) in [4.78, 5) is 8.00. The van der Waals surface area contributed by atoms with E-state index < -0.39 is 0 Å². The minimum Gasteiger partial charge on any atom is -0.493 e. The SMILES string of the molecule is COc1cccc(OC)c1Oc1nccnc1C(=N)N. The number of ether oxygens (including phenoxy) is 3. The topological polar surface area (TPSA) is 103 Å². The molecule has 0 amide bonds. The van der Waals surface area contributed by atoms with Crippen LogP contribution in [0.15, 0.2) is 30.6 Å². The molecule has 7 nitrogen and oxygen atoms in total. The Morgan fingerprint density at radius 3 is 2.25 bits per heavy atom. The molecule has 1 heterocycles. The van der Waals surface area contributed by atoms with Gasteiger partial charge in [-0.15, -0.1) is 0 Å². The van der Waals surface area contributed by atoms with Crippen molar-refractivity contribution in [2.24, 2.45) is 5.73 Å². The maximum atomic E-state index is 7.47. The lowest BCUT2D eigenvalue weighted by Crippen LogP contribution is -2.15. The van der Waals surface area contributed by atoms with Crippen molar-refractivity contribution >= 4 is 5.84 Å². The van der Waals surface area contributed by atoms with E-state index in [0.717, 1.165) is 0 Å².